The van der Waals surface area contributed by atoms with Gasteiger partial charge >= 0.3 is 0 Å². The Bertz CT molecular complexity index is 227. The van der Waals surface area contributed by atoms with E-state index < -0.39 is 0 Å². The maximum atomic E-state index is 6.47. The molecule has 0 saturated heterocycles. The molecule has 17 heavy (non-hydrogen) atoms. The first kappa shape index (κ1) is 13.4. The van der Waals surface area contributed by atoms with Gasteiger partial charge in [0.25, 0.3) is 0 Å². The lowest BCUT2D eigenvalue weighted by Gasteiger charge is -2.44. The summed E-state index contributed by atoms with van der Waals surface area (Å²) in [5.74, 6) is 0.840. The summed E-state index contributed by atoms with van der Waals surface area (Å²) in [6, 6.07) is 0. The summed E-state index contributed by atoms with van der Waals surface area (Å²) in [5.41, 5.74) is 0.165. The number of rotatable bonds is 6. The molecule has 0 spiro atoms. The highest BCUT2D eigenvalue weighted by atomic mass is 16.5. The van der Waals surface area contributed by atoms with E-state index in [0.29, 0.717) is 6.10 Å². The molecular weight excluding hydrogens is 210 g/mol. The van der Waals surface area contributed by atoms with E-state index in [1.165, 1.54) is 51.4 Å². The van der Waals surface area contributed by atoms with Gasteiger partial charge < -0.3 is 10.1 Å². The highest BCUT2D eigenvalue weighted by Gasteiger charge is 2.38. The van der Waals surface area contributed by atoms with Crippen LogP contribution in [-0.2, 0) is 4.74 Å². The Kier molecular flexibility index (Phi) is 4.87. The standard InChI is InChI=1S/C15H29NO/c1-3-10-16-12-15(17-14-7-4-8-14)9-5-6-13(2)11-15/h13-14,16H,3-12H2,1-2H3. The van der Waals surface area contributed by atoms with Crippen molar-refractivity contribution >= 4 is 0 Å². The van der Waals surface area contributed by atoms with E-state index in [4.69, 9.17) is 4.74 Å². The molecule has 2 fully saturated rings. The highest BCUT2D eigenvalue weighted by molar-refractivity contribution is 4.91. The smallest absolute Gasteiger partial charge is 0.0812 e. The first-order chi connectivity index (χ1) is 8.24. The van der Waals surface area contributed by atoms with Gasteiger partial charge in [0.2, 0.25) is 0 Å². The van der Waals surface area contributed by atoms with Gasteiger partial charge in [0.05, 0.1) is 11.7 Å². The van der Waals surface area contributed by atoms with E-state index in [0.717, 1.165) is 19.0 Å². The molecule has 0 aromatic heterocycles. The fourth-order valence-corrected chi connectivity index (χ4v) is 3.26. The topological polar surface area (TPSA) is 21.3 Å². The Hall–Kier alpha value is -0.0800. The molecule has 0 aromatic carbocycles. The summed E-state index contributed by atoms with van der Waals surface area (Å²) in [4.78, 5) is 0. The van der Waals surface area contributed by atoms with E-state index in [-0.39, 0.29) is 5.60 Å². The molecule has 2 heteroatoms. The van der Waals surface area contributed by atoms with Gasteiger partial charge in [0.1, 0.15) is 0 Å². The maximum absolute atomic E-state index is 6.47. The summed E-state index contributed by atoms with van der Waals surface area (Å²) in [7, 11) is 0. The molecule has 2 nitrogen and oxygen atoms in total. The predicted octanol–water partition coefficient (Wildman–Crippen LogP) is 3.50. The molecule has 0 aromatic rings. The lowest BCUT2D eigenvalue weighted by molar-refractivity contribution is -0.143. The average Bonchev–Trinajstić information content (AvgIpc) is 2.24. The zero-order valence-electron chi connectivity index (χ0n) is 11.6. The van der Waals surface area contributed by atoms with Gasteiger partial charge in [0.15, 0.2) is 0 Å². The summed E-state index contributed by atoms with van der Waals surface area (Å²) >= 11 is 0. The van der Waals surface area contributed by atoms with Crippen LogP contribution in [0.25, 0.3) is 0 Å². The van der Waals surface area contributed by atoms with Crippen molar-refractivity contribution in [3.8, 4) is 0 Å². The van der Waals surface area contributed by atoms with Crippen LogP contribution in [0.2, 0.25) is 0 Å². The molecule has 0 aliphatic heterocycles. The van der Waals surface area contributed by atoms with Gasteiger partial charge in [-0.2, -0.15) is 0 Å². The molecule has 0 radical (unpaired) electrons. The average molecular weight is 239 g/mol. The second-order valence-corrected chi connectivity index (χ2v) is 6.23. The summed E-state index contributed by atoms with van der Waals surface area (Å²) in [5, 5.41) is 3.59. The molecule has 2 aliphatic carbocycles. The van der Waals surface area contributed by atoms with Crippen LogP contribution in [0.15, 0.2) is 0 Å². The van der Waals surface area contributed by atoms with Crippen molar-refractivity contribution in [3.05, 3.63) is 0 Å². The van der Waals surface area contributed by atoms with Crippen molar-refractivity contribution in [3.63, 3.8) is 0 Å². The molecule has 2 rings (SSSR count). The molecular formula is C15H29NO. The lowest BCUT2D eigenvalue weighted by atomic mass is 9.78. The third kappa shape index (κ3) is 3.69. The fraction of sp³-hybridized carbons (Fsp3) is 1.00. The quantitative estimate of drug-likeness (QED) is 0.716. The van der Waals surface area contributed by atoms with Gasteiger partial charge in [-0.25, -0.2) is 0 Å². The van der Waals surface area contributed by atoms with Crippen molar-refractivity contribution in [1.29, 1.82) is 0 Å². The van der Waals surface area contributed by atoms with Crippen molar-refractivity contribution in [2.24, 2.45) is 5.92 Å². The van der Waals surface area contributed by atoms with Crippen LogP contribution in [0.3, 0.4) is 0 Å². The van der Waals surface area contributed by atoms with Crippen LogP contribution < -0.4 is 5.32 Å². The minimum atomic E-state index is 0.165. The van der Waals surface area contributed by atoms with Crippen LogP contribution in [0.4, 0.5) is 0 Å². The number of hydrogen-bond donors (Lipinski definition) is 1. The number of ether oxygens (including phenoxy) is 1. The van der Waals surface area contributed by atoms with E-state index in [1.807, 2.05) is 0 Å². The summed E-state index contributed by atoms with van der Waals surface area (Å²) < 4.78 is 6.47. The van der Waals surface area contributed by atoms with Gasteiger partial charge in [-0.3, -0.25) is 0 Å². The van der Waals surface area contributed by atoms with Crippen molar-refractivity contribution in [2.45, 2.75) is 76.9 Å². The second kappa shape index (κ2) is 6.19. The molecule has 2 atom stereocenters. The molecule has 0 heterocycles. The van der Waals surface area contributed by atoms with Crippen LogP contribution in [-0.4, -0.2) is 24.8 Å². The summed E-state index contributed by atoms with van der Waals surface area (Å²) in [6.07, 6.45) is 11.0. The van der Waals surface area contributed by atoms with Crippen LogP contribution in [0.5, 0.6) is 0 Å². The van der Waals surface area contributed by atoms with E-state index in [1.54, 1.807) is 0 Å². The monoisotopic (exact) mass is 239 g/mol. The van der Waals surface area contributed by atoms with Crippen LogP contribution in [0, 0.1) is 5.92 Å². The van der Waals surface area contributed by atoms with Gasteiger partial charge in [0, 0.05) is 6.54 Å². The van der Waals surface area contributed by atoms with Crippen LogP contribution in [0.1, 0.15) is 65.2 Å². The Labute approximate surface area is 107 Å². The van der Waals surface area contributed by atoms with Crippen molar-refractivity contribution in [2.75, 3.05) is 13.1 Å². The zero-order valence-corrected chi connectivity index (χ0v) is 11.6. The Morgan fingerprint density at radius 2 is 2.06 bits per heavy atom. The molecule has 0 amide bonds. The predicted molar refractivity (Wildman–Crippen MR) is 72.2 cm³/mol. The lowest BCUT2D eigenvalue weighted by Crippen LogP contribution is -2.49. The number of nitrogens with one attached hydrogen (secondary N) is 1. The van der Waals surface area contributed by atoms with Crippen LogP contribution >= 0.6 is 0 Å². The highest BCUT2D eigenvalue weighted by Crippen LogP contribution is 2.38. The van der Waals surface area contributed by atoms with E-state index >= 15 is 0 Å². The minimum absolute atomic E-state index is 0.165. The molecule has 100 valence electrons. The number of hydrogen-bond acceptors (Lipinski definition) is 2. The zero-order chi connectivity index (χ0) is 12.1. The van der Waals surface area contributed by atoms with Crippen molar-refractivity contribution in [1.82, 2.24) is 5.32 Å². The fourth-order valence-electron chi connectivity index (χ4n) is 3.26. The van der Waals surface area contributed by atoms with Crippen molar-refractivity contribution < 1.29 is 4.74 Å². The van der Waals surface area contributed by atoms with Gasteiger partial charge in [-0.1, -0.05) is 26.7 Å². The largest absolute Gasteiger partial charge is 0.370 e. The molecule has 0 bridgehead atoms. The minimum Gasteiger partial charge on any atom is -0.370 e. The third-order valence-electron chi connectivity index (χ3n) is 4.39. The maximum Gasteiger partial charge on any atom is 0.0812 e. The Balaban J connectivity index is 1.88. The van der Waals surface area contributed by atoms with Gasteiger partial charge in [-0.15, -0.1) is 0 Å². The van der Waals surface area contributed by atoms with E-state index in [2.05, 4.69) is 19.2 Å². The van der Waals surface area contributed by atoms with E-state index in [9.17, 15) is 0 Å². The SMILES string of the molecule is CCCNCC1(OC2CCC2)CCCC(C)C1. The molecule has 2 unspecified atom stereocenters. The molecule has 2 aliphatic rings. The Morgan fingerprint density at radius 3 is 2.65 bits per heavy atom. The third-order valence-corrected chi connectivity index (χ3v) is 4.39. The molecule has 2 saturated carbocycles. The second-order valence-electron chi connectivity index (χ2n) is 6.23. The first-order valence-corrected chi connectivity index (χ1v) is 7.63. The van der Waals surface area contributed by atoms with Gasteiger partial charge in [-0.05, 0) is 51.0 Å². The molecule has 1 N–H and O–H groups in total. The normalized spacial score (nSPS) is 34.6. The first-order valence-electron chi connectivity index (χ1n) is 7.63. The Morgan fingerprint density at radius 1 is 1.24 bits per heavy atom. The summed E-state index contributed by atoms with van der Waals surface area (Å²) in [6.45, 7) is 6.82.